The molecule has 0 fully saturated rings. The van der Waals surface area contributed by atoms with Crippen molar-refractivity contribution in [2.75, 3.05) is 26.4 Å². The van der Waals surface area contributed by atoms with Crippen molar-refractivity contribution >= 4 is 11.9 Å². The molecule has 1 amide bonds. The summed E-state index contributed by atoms with van der Waals surface area (Å²) in [7, 11) is 0. The summed E-state index contributed by atoms with van der Waals surface area (Å²) in [5.41, 5.74) is 1.38. The number of esters is 1. The highest BCUT2D eigenvalue weighted by Crippen LogP contribution is 2.17. The van der Waals surface area contributed by atoms with E-state index in [4.69, 9.17) is 14.2 Å². The van der Waals surface area contributed by atoms with Gasteiger partial charge in [0.1, 0.15) is 18.1 Å². The average molecular weight is 357 g/mol. The molecule has 2 rings (SSSR count). The molecule has 0 atom stereocenters. The van der Waals surface area contributed by atoms with Crippen molar-refractivity contribution in [2.45, 2.75) is 13.8 Å². The van der Waals surface area contributed by atoms with E-state index in [9.17, 15) is 9.59 Å². The molecule has 0 aliphatic carbocycles. The number of aryl methyl sites for hydroxylation is 1. The lowest BCUT2D eigenvalue weighted by Gasteiger charge is -2.09. The van der Waals surface area contributed by atoms with E-state index in [1.54, 1.807) is 30.3 Å². The molecule has 0 bridgehead atoms. The largest absolute Gasteiger partial charge is 0.494 e. The summed E-state index contributed by atoms with van der Waals surface area (Å²) in [6, 6.07) is 14.3. The Hall–Kier alpha value is -3.02. The Morgan fingerprint density at radius 2 is 1.69 bits per heavy atom. The summed E-state index contributed by atoms with van der Waals surface area (Å²) >= 11 is 0. The fraction of sp³-hybridized carbons (Fsp3) is 0.300. The molecule has 0 spiro atoms. The first kappa shape index (κ1) is 19.3. The summed E-state index contributed by atoms with van der Waals surface area (Å²) in [5.74, 6) is 0.577. The van der Waals surface area contributed by atoms with Crippen LogP contribution in [0, 0.1) is 6.92 Å². The molecule has 0 aromatic heterocycles. The second-order valence-electron chi connectivity index (χ2n) is 5.55. The summed E-state index contributed by atoms with van der Waals surface area (Å²) in [6.45, 7) is 4.72. The van der Waals surface area contributed by atoms with Crippen molar-refractivity contribution in [2.24, 2.45) is 0 Å². The number of nitrogens with one attached hydrogen (secondary N) is 1. The Morgan fingerprint density at radius 1 is 1.00 bits per heavy atom. The number of benzene rings is 2. The number of amides is 1. The fourth-order valence-corrected chi connectivity index (χ4v) is 2.20. The molecule has 26 heavy (non-hydrogen) atoms. The SMILES string of the molecule is CCOc1ccc(OCCNC(=O)COC(=O)c2cccc(C)c2)cc1. The third-order valence-electron chi connectivity index (χ3n) is 3.42. The molecule has 0 saturated carbocycles. The van der Waals surface area contributed by atoms with Gasteiger partial charge in [-0.2, -0.15) is 0 Å². The van der Waals surface area contributed by atoms with Crippen LogP contribution in [0.3, 0.4) is 0 Å². The molecule has 138 valence electrons. The van der Waals surface area contributed by atoms with Gasteiger partial charge in [-0.15, -0.1) is 0 Å². The number of carbonyl (C=O) groups excluding carboxylic acids is 2. The molecule has 2 aromatic rings. The van der Waals surface area contributed by atoms with E-state index in [1.165, 1.54) is 0 Å². The minimum Gasteiger partial charge on any atom is -0.494 e. The van der Waals surface area contributed by atoms with Gasteiger partial charge in [-0.25, -0.2) is 4.79 Å². The highest BCUT2D eigenvalue weighted by molar-refractivity contribution is 5.91. The molecule has 0 saturated heterocycles. The lowest BCUT2D eigenvalue weighted by Crippen LogP contribution is -2.32. The third-order valence-corrected chi connectivity index (χ3v) is 3.42. The van der Waals surface area contributed by atoms with Crippen LogP contribution in [0.1, 0.15) is 22.8 Å². The number of carbonyl (C=O) groups is 2. The van der Waals surface area contributed by atoms with Crippen molar-refractivity contribution in [3.63, 3.8) is 0 Å². The first-order valence-corrected chi connectivity index (χ1v) is 8.44. The number of hydrogen-bond donors (Lipinski definition) is 1. The van der Waals surface area contributed by atoms with Crippen LogP contribution in [0.25, 0.3) is 0 Å². The molecule has 6 nitrogen and oxygen atoms in total. The second kappa shape index (κ2) is 10.1. The van der Waals surface area contributed by atoms with Gasteiger partial charge >= 0.3 is 5.97 Å². The molecule has 0 heterocycles. The summed E-state index contributed by atoms with van der Waals surface area (Å²) in [5, 5.41) is 2.64. The van der Waals surface area contributed by atoms with Gasteiger partial charge in [0.05, 0.1) is 18.7 Å². The number of hydrogen-bond acceptors (Lipinski definition) is 5. The molecule has 0 aliphatic rings. The monoisotopic (exact) mass is 357 g/mol. The molecule has 6 heteroatoms. The van der Waals surface area contributed by atoms with Gasteiger partial charge in [-0.1, -0.05) is 17.7 Å². The van der Waals surface area contributed by atoms with Gasteiger partial charge in [0.25, 0.3) is 5.91 Å². The van der Waals surface area contributed by atoms with E-state index >= 15 is 0 Å². The zero-order chi connectivity index (χ0) is 18.8. The zero-order valence-electron chi connectivity index (χ0n) is 15.0. The van der Waals surface area contributed by atoms with E-state index < -0.39 is 5.97 Å². The Bertz CT molecular complexity index is 727. The van der Waals surface area contributed by atoms with Crippen LogP contribution in [0.15, 0.2) is 48.5 Å². The summed E-state index contributed by atoms with van der Waals surface area (Å²) < 4.78 is 15.9. The first-order valence-electron chi connectivity index (χ1n) is 8.44. The van der Waals surface area contributed by atoms with Crippen molar-refractivity contribution in [3.05, 3.63) is 59.7 Å². The van der Waals surface area contributed by atoms with E-state index in [0.717, 1.165) is 11.3 Å². The van der Waals surface area contributed by atoms with Crippen LogP contribution in [0.2, 0.25) is 0 Å². The van der Waals surface area contributed by atoms with Crippen molar-refractivity contribution in [3.8, 4) is 11.5 Å². The highest BCUT2D eigenvalue weighted by atomic mass is 16.5. The van der Waals surface area contributed by atoms with Gasteiger partial charge in [-0.3, -0.25) is 4.79 Å². The maximum absolute atomic E-state index is 11.9. The lowest BCUT2D eigenvalue weighted by molar-refractivity contribution is -0.124. The molecule has 0 aliphatic heterocycles. The van der Waals surface area contributed by atoms with Gasteiger partial charge in [-0.05, 0) is 50.2 Å². The van der Waals surface area contributed by atoms with Crippen molar-refractivity contribution < 1.29 is 23.8 Å². The smallest absolute Gasteiger partial charge is 0.338 e. The van der Waals surface area contributed by atoms with Crippen LogP contribution in [-0.2, 0) is 9.53 Å². The van der Waals surface area contributed by atoms with Crippen LogP contribution in [0.5, 0.6) is 11.5 Å². The zero-order valence-corrected chi connectivity index (χ0v) is 15.0. The Balaban J connectivity index is 1.63. The van der Waals surface area contributed by atoms with Crippen LogP contribution < -0.4 is 14.8 Å². The van der Waals surface area contributed by atoms with Gasteiger partial charge in [0, 0.05) is 0 Å². The predicted molar refractivity (Wildman–Crippen MR) is 97.6 cm³/mol. The third kappa shape index (κ3) is 6.47. The molecule has 1 N–H and O–H groups in total. The maximum atomic E-state index is 11.9. The first-order chi connectivity index (χ1) is 12.6. The molecule has 0 radical (unpaired) electrons. The van der Waals surface area contributed by atoms with Crippen LogP contribution in [-0.4, -0.2) is 38.2 Å². The van der Waals surface area contributed by atoms with Gasteiger partial charge in [0.15, 0.2) is 6.61 Å². The van der Waals surface area contributed by atoms with Gasteiger partial charge < -0.3 is 19.5 Å². The van der Waals surface area contributed by atoms with Crippen LogP contribution >= 0.6 is 0 Å². The quantitative estimate of drug-likeness (QED) is 0.552. The number of rotatable bonds is 9. The van der Waals surface area contributed by atoms with Gasteiger partial charge in [0.2, 0.25) is 0 Å². The summed E-state index contributed by atoms with van der Waals surface area (Å²) in [4.78, 5) is 23.6. The Labute approximate surface area is 153 Å². The fourth-order valence-electron chi connectivity index (χ4n) is 2.20. The Kier molecular flexibility index (Phi) is 7.49. The van der Waals surface area contributed by atoms with E-state index in [2.05, 4.69) is 5.32 Å². The molecular formula is C20H23NO5. The molecule has 0 unspecified atom stereocenters. The minimum absolute atomic E-state index is 0.311. The van der Waals surface area contributed by atoms with E-state index in [1.807, 2.05) is 32.0 Å². The predicted octanol–water partition coefficient (Wildman–Crippen LogP) is 2.75. The summed E-state index contributed by atoms with van der Waals surface area (Å²) in [6.07, 6.45) is 0. The molecular weight excluding hydrogens is 334 g/mol. The standard InChI is InChI=1S/C20H23NO5/c1-3-24-17-7-9-18(10-8-17)25-12-11-21-19(22)14-26-20(23)16-6-4-5-15(2)13-16/h4-10,13H,3,11-12,14H2,1-2H3,(H,21,22). The van der Waals surface area contributed by atoms with E-state index in [0.29, 0.717) is 31.1 Å². The van der Waals surface area contributed by atoms with Crippen LogP contribution in [0.4, 0.5) is 0 Å². The average Bonchev–Trinajstić information content (AvgIpc) is 2.65. The topological polar surface area (TPSA) is 73.9 Å². The lowest BCUT2D eigenvalue weighted by atomic mass is 10.1. The second-order valence-corrected chi connectivity index (χ2v) is 5.55. The van der Waals surface area contributed by atoms with Crippen molar-refractivity contribution in [1.82, 2.24) is 5.32 Å². The minimum atomic E-state index is -0.519. The molecule has 2 aromatic carbocycles. The normalized spacial score (nSPS) is 10.1. The highest BCUT2D eigenvalue weighted by Gasteiger charge is 2.09. The van der Waals surface area contributed by atoms with Crippen molar-refractivity contribution in [1.29, 1.82) is 0 Å². The number of ether oxygens (including phenoxy) is 3. The maximum Gasteiger partial charge on any atom is 0.338 e. The van der Waals surface area contributed by atoms with E-state index in [-0.39, 0.29) is 12.5 Å². The Morgan fingerprint density at radius 3 is 2.35 bits per heavy atom.